The lowest BCUT2D eigenvalue weighted by molar-refractivity contribution is -0.151. The number of hydrogen-bond acceptors (Lipinski definition) is 4. The normalized spacial score (nSPS) is 17.2. The van der Waals surface area contributed by atoms with Gasteiger partial charge in [0, 0.05) is 19.5 Å². The minimum absolute atomic E-state index is 0.223. The second kappa shape index (κ2) is 13.9. The van der Waals surface area contributed by atoms with Crippen molar-refractivity contribution >= 4 is 17.8 Å². The molecule has 3 N–H and O–H groups in total. The molecule has 7 nitrogen and oxygen atoms in total. The van der Waals surface area contributed by atoms with Crippen LogP contribution in [0.25, 0.3) is 11.1 Å². The number of nitrogens with zero attached hydrogens (tertiary/aromatic N) is 1. The lowest BCUT2D eigenvalue weighted by Crippen LogP contribution is -2.59. The number of carboxylic acids is 1. The van der Waals surface area contributed by atoms with Crippen LogP contribution in [0.15, 0.2) is 48.5 Å². The Balaban J connectivity index is 1.77. The molecule has 3 atom stereocenters. The molecule has 1 saturated heterocycles. The Hall–Kier alpha value is -3.26. The Morgan fingerprint density at radius 1 is 1.05 bits per heavy atom. The van der Waals surface area contributed by atoms with E-state index >= 15 is 0 Å². The third kappa shape index (κ3) is 7.86. The Kier molecular flexibility index (Phi) is 10.6. The Bertz CT molecular complexity index is 1040. The molecule has 0 radical (unpaired) electrons. The van der Waals surface area contributed by atoms with Gasteiger partial charge in [-0.1, -0.05) is 56.2 Å². The molecule has 2 amide bonds. The first kappa shape index (κ1) is 28.3. The van der Waals surface area contributed by atoms with Crippen LogP contribution in [0, 0.1) is 17.7 Å². The average Bonchev–Trinajstić information content (AvgIpc) is 2.92. The van der Waals surface area contributed by atoms with Gasteiger partial charge in [-0.3, -0.25) is 19.4 Å². The van der Waals surface area contributed by atoms with E-state index in [1.54, 1.807) is 19.2 Å². The fourth-order valence-corrected chi connectivity index (χ4v) is 4.90. The number of carboxylic acid groups (broad SMARTS) is 1. The summed E-state index contributed by atoms with van der Waals surface area (Å²) in [4.78, 5) is 38.2. The molecule has 8 heteroatoms. The molecular weight excluding hydrogens is 473 g/mol. The molecule has 0 aromatic heterocycles. The fourth-order valence-electron chi connectivity index (χ4n) is 4.90. The first-order chi connectivity index (χ1) is 17.8. The molecule has 2 aromatic rings. The van der Waals surface area contributed by atoms with Gasteiger partial charge in [-0.2, -0.15) is 0 Å². The fraction of sp³-hybridized carbons (Fsp3) is 0.483. The van der Waals surface area contributed by atoms with Crippen LogP contribution in [0.5, 0.6) is 0 Å². The number of rotatable bonds is 12. The van der Waals surface area contributed by atoms with Gasteiger partial charge in [0.15, 0.2) is 0 Å². The Morgan fingerprint density at radius 3 is 2.30 bits per heavy atom. The highest BCUT2D eigenvalue weighted by Gasteiger charge is 2.37. The van der Waals surface area contributed by atoms with E-state index in [2.05, 4.69) is 10.7 Å². The van der Waals surface area contributed by atoms with Crippen molar-refractivity contribution in [3.05, 3.63) is 59.9 Å². The van der Waals surface area contributed by atoms with Crippen LogP contribution in [0.1, 0.15) is 57.4 Å². The van der Waals surface area contributed by atoms with Crippen LogP contribution in [-0.2, 0) is 20.8 Å². The summed E-state index contributed by atoms with van der Waals surface area (Å²) in [6.07, 6.45) is 4.84. The van der Waals surface area contributed by atoms with E-state index in [1.165, 1.54) is 17.1 Å². The molecule has 1 aliphatic rings. The van der Waals surface area contributed by atoms with Crippen molar-refractivity contribution in [2.24, 2.45) is 11.8 Å². The van der Waals surface area contributed by atoms with Crippen molar-refractivity contribution in [2.75, 3.05) is 13.6 Å². The number of aliphatic carboxylic acids is 1. The molecule has 0 spiro atoms. The maximum atomic E-state index is 13.7. The van der Waals surface area contributed by atoms with E-state index in [1.807, 2.05) is 31.2 Å². The van der Waals surface area contributed by atoms with Gasteiger partial charge in [0.05, 0.1) is 5.92 Å². The smallest absolute Gasteiger partial charge is 0.306 e. The van der Waals surface area contributed by atoms with Crippen molar-refractivity contribution in [3.8, 4) is 11.1 Å². The monoisotopic (exact) mass is 511 g/mol. The summed E-state index contributed by atoms with van der Waals surface area (Å²) in [5, 5.41) is 13.9. The van der Waals surface area contributed by atoms with Crippen molar-refractivity contribution in [2.45, 2.75) is 64.3 Å². The number of carbonyl (C=O) groups is 3. The number of halogens is 1. The van der Waals surface area contributed by atoms with Gasteiger partial charge >= 0.3 is 5.97 Å². The Labute approximate surface area is 218 Å². The van der Waals surface area contributed by atoms with Crippen LogP contribution in [0.3, 0.4) is 0 Å². The highest BCUT2D eigenvalue weighted by molar-refractivity contribution is 5.88. The maximum Gasteiger partial charge on any atom is 0.306 e. The standard InChI is InChI=1S/C29H38FN3O4/c1-3-4-6-24(29(36)37)19-23(28(35)33-26(27(34)31-2)7-5-18-32-33)13-10-20-8-11-21(12-9-20)22-14-16-25(30)17-15-22/h8-9,11-12,14-17,23-24,26,32H,3-7,10,13,18-19H2,1-2H3,(H,31,34)(H,36,37)/t23?,24?,26-/m0/s1. The summed E-state index contributed by atoms with van der Waals surface area (Å²) in [5.41, 5.74) is 5.99. The number of likely N-dealkylation sites (N-methyl/N-ethyl adjacent to an activating group) is 1. The van der Waals surface area contributed by atoms with E-state index in [0.29, 0.717) is 32.2 Å². The molecule has 37 heavy (non-hydrogen) atoms. The van der Waals surface area contributed by atoms with Crippen molar-refractivity contribution in [1.29, 1.82) is 0 Å². The summed E-state index contributed by atoms with van der Waals surface area (Å²) < 4.78 is 13.2. The second-order valence-corrected chi connectivity index (χ2v) is 9.74. The van der Waals surface area contributed by atoms with E-state index < -0.39 is 23.8 Å². The SMILES string of the molecule is CCCCC(CC(CCc1ccc(-c2ccc(F)cc2)cc1)C(=O)N1NCCC[C@H]1C(=O)NC)C(=O)O. The summed E-state index contributed by atoms with van der Waals surface area (Å²) in [6, 6.07) is 13.6. The number of nitrogens with one attached hydrogen (secondary N) is 2. The third-order valence-corrected chi connectivity index (χ3v) is 7.12. The second-order valence-electron chi connectivity index (χ2n) is 9.74. The zero-order valence-electron chi connectivity index (χ0n) is 21.7. The van der Waals surface area contributed by atoms with E-state index in [-0.39, 0.29) is 24.1 Å². The zero-order chi connectivity index (χ0) is 26.8. The molecule has 1 fully saturated rings. The number of benzene rings is 2. The number of carbonyl (C=O) groups excluding carboxylic acids is 2. The maximum absolute atomic E-state index is 13.7. The number of amides is 2. The average molecular weight is 512 g/mol. The number of hydrogen-bond donors (Lipinski definition) is 3. The first-order valence-corrected chi connectivity index (χ1v) is 13.2. The molecule has 3 rings (SSSR count). The van der Waals surface area contributed by atoms with Gasteiger partial charge in [-0.05, 0) is 67.3 Å². The summed E-state index contributed by atoms with van der Waals surface area (Å²) in [7, 11) is 1.55. The van der Waals surface area contributed by atoms with Crippen LogP contribution >= 0.6 is 0 Å². The van der Waals surface area contributed by atoms with Crippen LogP contribution in [0.2, 0.25) is 0 Å². The molecule has 0 aliphatic carbocycles. The lowest BCUT2D eigenvalue weighted by atomic mass is 9.85. The van der Waals surface area contributed by atoms with Gasteiger partial charge in [-0.25, -0.2) is 9.82 Å². The lowest BCUT2D eigenvalue weighted by Gasteiger charge is -2.37. The molecule has 0 saturated carbocycles. The van der Waals surface area contributed by atoms with Crippen molar-refractivity contribution in [3.63, 3.8) is 0 Å². The van der Waals surface area contributed by atoms with E-state index in [0.717, 1.165) is 36.0 Å². The predicted molar refractivity (Wildman–Crippen MR) is 141 cm³/mol. The summed E-state index contributed by atoms with van der Waals surface area (Å²) >= 11 is 0. The molecule has 0 bridgehead atoms. The van der Waals surface area contributed by atoms with Gasteiger partial charge in [0.2, 0.25) is 11.8 Å². The summed E-state index contributed by atoms with van der Waals surface area (Å²) in [6.45, 7) is 2.61. The highest BCUT2D eigenvalue weighted by atomic mass is 19.1. The molecule has 1 aliphatic heterocycles. The van der Waals surface area contributed by atoms with Crippen molar-refractivity contribution < 1.29 is 23.9 Å². The molecule has 200 valence electrons. The number of aryl methyl sites for hydroxylation is 1. The van der Waals surface area contributed by atoms with E-state index in [9.17, 15) is 23.9 Å². The minimum Gasteiger partial charge on any atom is -0.481 e. The first-order valence-electron chi connectivity index (χ1n) is 13.2. The van der Waals surface area contributed by atoms with Crippen molar-refractivity contribution in [1.82, 2.24) is 15.8 Å². The molecule has 2 unspecified atom stereocenters. The van der Waals surface area contributed by atoms with Crippen LogP contribution < -0.4 is 10.7 Å². The molecular formula is C29H38FN3O4. The highest BCUT2D eigenvalue weighted by Crippen LogP contribution is 2.27. The minimum atomic E-state index is -0.885. The topological polar surface area (TPSA) is 98.7 Å². The van der Waals surface area contributed by atoms with Crippen LogP contribution in [0.4, 0.5) is 4.39 Å². The quantitative estimate of drug-likeness (QED) is 0.388. The molecule has 2 aromatic carbocycles. The summed E-state index contributed by atoms with van der Waals surface area (Å²) in [5.74, 6) is -2.76. The molecule has 1 heterocycles. The Morgan fingerprint density at radius 2 is 1.70 bits per heavy atom. The van der Waals surface area contributed by atoms with Gasteiger partial charge in [-0.15, -0.1) is 0 Å². The van der Waals surface area contributed by atoms with Gasteiger partial charge in [0.25, 0.3) is 0 Å². The van der Waals surface area contributed by atoms with E-state index in [4.69, 9.17) is 0 Å². The van der Waals surface area contributed by atoms with Gasteiger partial charge < -0.3 is 10.4 Å². The largest absolute Gasteiger partial charge is 0.481 e. The zero-order valence-corrected chi connectivity index (χ0v) is 21.7. The van der Waals surface area contributed by atoms with Crippen LogP contribution in [-0.4, -0.2) is 47.5 Å². The number of unbranched alkanes of at least 4 members (excludes halogenated alkanes) is 1. The third-order valence-electron chi connectivity index (χ3n) is 7.12. The number of hydrazine groups is 1. The predicted octanol–water partition coefficient (Wildman–Crippen LogP) is 4.56. The van der Waals surface area contributed by atoms with Gasteiger partial charge in [0.1, 0.15) is 11.9 Å².